The first kappa shape index (κ1) is 15.8. The van der Waals surface area contributed by atoms with Crippen LogP contribution in [0.5, 0.6) is 5.75 Å². The van der Waals surface area contributed by atoms with Crippen LogP contribution < -0.4 is 15.4 Å². The maximum atomic E-state index is 5.20. The van der Waals surface area contributed by atoms with E-state index in [0.717, 1.165) is 33.9 Å². The summed E-state index contributed by atoms with van der Waals surface area (Å²) in [6, 6.07) is 9.49. The fraction of sp³-hybridized carbons (Fsp3) is 0.111. The SMILES string of the molecule is COc1cccc(Nc2ncc(Nc3cnc4onc(C)c4c3)cn2)c1. The minimum atomic E-state index is 0.493. The summed E-state index contributed by atoms with van der Waals surface area (Å²) in [5, 5.41) is 11.1. The fourth-order valence-corrected chi connectivity index (χ4v) is 2.47. The lowest BCUT2D eigenvalue weighted by Gasteiger charge is -2.08. The van der Waals surface area contributed by atoms with Crippen molar-refractivity contribution in [3.8, 4) is 5.75 Å². The molecule has 1 aromatic carbocycles. The normalized spacial score (nSPS) is 10.7. The minimum absolute atomic E-state index is 0.493. The van der Waals surface area contributed by atoms with E-state index in [1.807, 2.05) is 37.3 Å². The van der Waals surface area contributed by atoms with Crippen LogP contribution in [0.25, 0.3) is 11.1 Å². The molecule has 0 aliphatic heterocycles. The van der Waals surface area contributed by atoms with Crippen LogP contribution in [0.1, 0.15) is 5.69 Å². The molecular formula is C18H16N6O2. The molecule has 130 valence electrons. The van der Waals surface area contributed by atoms with Gasteiger partial charge in [0.25, 0.3) is 5.71 Å². The van der Waals surface area contributed by atoms with Crippen molar-refractivity contribution in [1.29, 1.82) is 0 Å². The number of nitrogens with one attached hydrogen (secondary N) is 2. The Hall–Kier alpha value is -3.68. The van der Waals surface area contributed by atoms with Gasteiger partial charge in [-0.1, -0.05) is 11.2 Å². The third-order valence-electron chi connectivity index (χ3n) is 3.78. The Kier molecular flexibility index (Phi) is 4.06. The van der Waals surface area contributed by atoms with Crippen molar-refractivity contribution >= 4 is 34.1 Å². The van der Waals surface area contributed by atoms with Gasteiger partial charge in [0, 0.05) is 11.8 Å². The summed E-state index contributed by atoms with van der Waals surface area (Å²) in [4.78, 5) is 12.9. The molecule has 4 aromatic rings. The van der Waals surface area contributed by atoms with Gasteiger partial charge in [-0.2, -0.15) is 0 Å². The zero-order chi connectivity index (χ0) is 17.9. The number of fused-ring (bicyclic) bond motifs is 1. The zero-order valence-electron chi connectivity index (χ0n) is 14.2. The average Bonchev–Trinajstić information content (AvgIpc) is 3.04. The second kappa shape index (κ2) is 6.67. The number of rotatable bonds is 5. The minimum Gasteiger partial charge on any atom is -0.497 e. The van der Waals surface area contributed by atoms with Crippen LogP contribution in [0.4, 0.5) is 23.0 Å². The van der Waals surface area contributed by atoms with Crippen LogP contribution in [-0.2, 0) is 0 Å². The molecule has 2 N–H and O–H groups in total. The second-order valence-corrected chi connectivity index (χ2v) is 5.62. The highest BCUT2D eigenvalue weighted by molar-refractivity contribution is 5.80. The van der Waals surface area contributed by atoms with Gasteiger partial charge in [-0.3, -0.25) is 0 Å². The summed E-state index contributed by atoms with van der Waals surface area (Å²) in [6.45, 7) is 1.87. The third-order valence-corrected chi connectivity index (χ3v) is 3.78. The van der Waals surface area contributed by atoms with E-state index in [4.69, 9.17) is 9.26 Å². The van der Waals surface area contributed by atoms with Crippen LogP contribution in [0.3, 0.4) is 0 Å². The van der Waals surface area contributed by atoms with Crippen molar-refractivity contribution in [2.45, 2.75) is 6.92 Å². The first-order chi connectivity index (χ1) is 12.7. The molecule has 0 saturated carbocycles. The Morgan fingerprint density at radius 1 is 0.923 bits per heavy atom. The summed E-state index contributed by atoms with van der Waals surface area (Å²) in [6.07, 6.45) is 5.07. The summed E-state index contributed by atoms with van der Waals surface area (Å²) >= 11 is 0. The first-order valence-electron chi connectivity index (χ1n) is 7.93. The fourth-order valence-electron chi connectivity index (χ4n) is 2.47. The van der Waals surface area contributed by atoms with E-state index in [9.17, 15) is 0 Å². The quantitative estimate of drug-likeness (QED) is 0.562. The van der Waals surface area contributed by atoms with E-state index < -0.39 is 0 Å². The van der Waals surface area contributed by atoms with Gasteiger partial charge >= 0.3 is 0 Å². The molecule has 0 unspecified atom stereocenters. The largest absolute Gasteiger partial charge is 0.497 e. The Labute approximate surface area is 149 Å². The smallest absolute Gasteiger partial charge is 0.258 e. The van der Waals surface area contributed by atoms with Crippen LogP contribution in [0.2, 0.25) is 0 Å². The number of hydrogen-bond donors (Lipinski definition) is 2. The van der Waals surface area contributed by atoms with E-state index in [1.165, 1.54) is 0 Å². The molecule has 0 atom stereocenters. The topological polar surface area (TPSA) is 98.0 Å². The molecule has 0 aliphatic rings. The number of aryl methyl sites for hydroxylation is 1. The molecule has 0 aliphatic carbocycles. The van der Waals surface area contributed by atoms with Gasteiger partial charge in [0.15, 0.2) is 0 Å². The molecule has 4 rings (SSSR count). The highest BCUT2D eigenvalue weighted by Crippen LogP contribution is 2.23. The molecule has 0 bridgehead atoms. The van der Waals surface area contributed by atoms with Crippen molar-refractivity contribution in [3.63, 3.8) is 0 Å². The number of aromatic nitrogens is 4. The lowest BCUT2D eigenvalue weighted by Crippen LogP contribution is -1.99. The molecular weight excluding hydrogens is 332 g/mol. The number of nitrogens with zero attached hydrogens (tertiary/aromatic N) is 4. The summed E-state index contributed by atoms with van der Waals surface area (Å²) in [7, 11) is 1.63. The maximum absolute atomic E-state index is 5.20. The average molecular weight is 348 g/mol. The van der Waals surface area contributed by atoms with E-state index in [0.29, 0.717) is 11.7 Å². The van der Waals surface area contributed by atoms with Gasteiger partial charge in [-0.25, -0.2) is 15.0 Å². The van der Waals surface area contributed by atoms with Crippen LogP contribution in [0, 0.1) is 6.92 Å². The molecule has 26 heavy (non-hydrogen) atoms. The van der Waals surface area contributed by atoms with Crippen LogP contribution >= 0.6 is 0 Å². The molecule has 8 nitrogen and oxygen atoms in total. The molecule has 0 fully saturated rings. The number of methoxy groups -OCH3 is 1. The molecule has 8 heteroatoms. The summed E-state index contributed by atoms with van der Waals surface area (Å²) in [5.41, 5.74) is 3.72. The first-order valence-corrected chi connectivity index (χ1v) is 7.93. The number of benzene rings is 1. The summed E-state index contributed by atoms with van der Waals surface area (Å²) < 4.78 is 10.3. The number of pyridine rings is 1. The van der Waals surface area contributed by atoms with Crippen molar-refractivity contribution in [2.24, 2.45) is 0 Å². The van der Waals surface area contributed by atoms with E-state index in [2.05, 4.69) is 30.7 Å². The highest BCUT2D eigenvalue weighted by atomic mass is 16.5. The standard InChI is InChI=1S/C18H16N6O2/c1-11-16-7-13(8-19-17(16)26-24-11)22-14-9-20-18(21-10-14)23-12-4-3-5-15(6-12)25-2/h3-10,22H,1-2H3,(H,20,21,23). The van der Waals surface area contributed by atoms with E-state index in [1.54, 1.807) is 25.7 Å². The van der Waals surface area contributed by atoms with Gasteiger partial charge in [0.2, 0.25) is 5.95 Å². The second-order valence-electron chi connectivity index (χ2n) is 5.62. The van der Waals surface area contributed by atoms with Gasteiger partial charge in [0.1, 0.15) is 5.75 Å². The number of ether oxygens (including phenoxy) is 1. The molecule has 3 aromatic heterocycles. The highest BCUT2D eigenvalue weighted by Gasteiger charge is 2.07. The number of anilines is 4. The zero-order valence-corrected chi connectivity index (χ0v) is 14.2. The Bertz CT molecular complexity index is 1050. The Morgan fingerprint density at radius 2 is 1.73 bits per heavy atom. The Morgan fingerprint density at radius 3 is 2.54 bits per heavy atom. The third kappa shape index (κ3) is 3.25. The van der Waals surface area contributed by atoms with Gasteiger partial charge in [0.05, 0.1) is 48.2 Å². The van der Waals surface area contributed by atoms with Crippen LogP contribution in [0.15, 0.2) is 53.4 Å². The molecule has 0 radical (unpaired) electrons. The number of hydrogen-bond acceptors (Lipinski definition) is 8. The molecule has 0 saturated heterocycles. The van der Waals surface area contributed by atoms with Crippen LogP contribution in [-0.4, -0.2) is 27.2 Å². The predicted molar refractivity (Wildman–Crippen MR) is 98.1 cm³/mol. The van der Waals surface area contributed by atoms with Crippen molar-refractivity contribution in [2.75, 3.05) is 17.7 Å². The lowest BCUT2D eigenvalue weighted by atomic mass is 10.2. The van der Waals surface area contributed by atoms with Crippen molar-refractivity contribution in [3.05, 3.63) is 54.6 Å². The monoisotopic (exact) mass is 348 g/mol. The molecule has 0 spiro atoms. The van der Waals surface area contributed by atoms with Gasteiger partial charge in [-0.15, -0.1) is 0 Å². The lowest BCUT2D eigenvalue weighted by molar-refractivity contribution is 0.415. The Balaban J connectivity index is 1.48. The summed E-state index contributed by atoms with van der Waals surface area (Å²) in [5.74, 6) is 1.26. The van der Waals surface area contributed by atoms with Gasteiger partial charge in [-0.05, 0) is 25.1 Å². The van der Waals surface area contributed by atoms with Gasteiger partial charge < -0.3 is 19.9 Å². The molecule has 3 heterocycles. The van der Waals surface area contributed by atoms with Crippen molar-refractivity contribution < 1.29 is 9.26 Å². The van der Waals surface area contributed by atoms with E-state index in [-0.39, 0.29) is 0 Å². The maximum Gasteiger partial charge on any atom is 0.258 e. The predicted octanol–water partition coefficient (Wildman–Crippen LogP) is 3.82. The van der Waals surface area contributed by atoms with E-state index >= 15 is 0 Å². The molecule has 0 amide bonds. The van der Waals surface area contributed by atoms with Crippen molar-refractivity contribution in [1.82, 2.24) is 20.1 Å².